The van der Waals surface area contributed by atoms with Gasteiger partial charge in [-0.1, -0.05) is 74.8 Å². The maximum absolute atomic E-state index is 12.5. The molecule has 3 aromatic carbocycles. The highest BCUT2D eigenvalue weighted by Gasteiger charge is 2.40. The average Bonchev–Trinajstić information content (AvgIpc) is 3.40. The van der Waals surface area contributed by atoms with Crippen molar-refractivity contribution in [3.63, 3.8) is 0 Å². The second-order valence-electron chi connectivity index (χ2n) is 12.6. The first-order chi connectivity index (χ1) is 20.6. The number of hydrogen-bond acceptors (Lipinski definition) is 4. The third kappa shape index (κ3) is 7.39. The smallest absolute Gasteiger partial charge is 0.305 e. The van der Waals surface area contributed by atoms with Crippen LogP contribution in [0.1, 0.15) is 74.8 Å². The Morgan fingerprint density at radius 2 is 1.72 bits per heavy atom. The zero-order valence-electron chi connectivity index (χ0n) is 25.1. The lowest BCUT2D eigenvalue weighted by Gasteiger charge is -2.41. The maximum Gasteiger partial charge on any atom is 0.305 e. The fraction of sp³-hybridized carbons (Fsp3) is 0.400. The van der Waals surface area contributed by atoms with Crippen LogP contribution in [0.3, 0.4) is 0 Å². The Labute approximate surface area is 258 Å². The third-order valence-electron chi connectivity index (χ3n) is 8.68. The van der Waals surface area contributed by atoms with E-state index in [2.05, 4.69) is 31.0 Å². The van der Waals surface area contributed by atoms with E-state index in [1.807, 2.05) is 60.7 Å². The summed E-state index contributed by atoms with van der Waals surface area (Å²) in [5.41, 5.74) is 4.58. The lowest BCUT2D eigenvalue weighted by Crippen LogP contribution is -2.42. The van der Waals surface area contributed by atoms with Crippen LogP contribution in [0.5, 0.6) is 0 Å². The number of carboxylic acid groups (broad SMARTS) is 1. The van der Waals surface area contributed by atoms with E-state index in [1.54, 1.807) is 12.1 Å². The summed E-state index contributed by atoms with van der Waals surface area (Å²) in [7, 11) is 0. The number of hydrogen-bond donors (Lipinski definition) is 2. The molecule has 1 aliphatic carbocycles. The van der Waals surface area contributed by atoms with E-state index in [1.165, 1.54) is 0 Å². The molecular formula is C35H40ClN3O4. The Balaban J connectivity index is 1.41. The number of nitrogens with zero attached hydrogens (tertiary/aromatic N) is 2. The highest BCUT2D eigenvalue weighted by molar-refractivity contribution is 6.33. The highest BCUT2D eigenvalue weighted by atomic mass is 35.5. The minimum atomic E-state index is -0.943. The molecule has 7 nitrogen and oxygen atoms in total. The SMILES string of the molecule is CC(C)(C)C1CCC(N2C(=Nc3cccc(-c4ccccc4Cl)c3)OCC2c2ccc(C(=O)NCCC(=O)O)cc2)CC1. The molecule has 2 aliphatic rings. The van der Waals surface area contributed by atoms with Gasteiger partial charge in [0.25, 0.3) is 11.9 Å². The van der Waals surface area contributed by atoms with Crippen LogP contribution in [-0.4, -0.2) is 47.1 Å². The minimum Gasteiger partial charge on any atom is -0.481 e. The quantitative estimate of drug-likeness (QED) is 0.274. The van der Waals surface area contributed by atoms with Crippen molar-refractivity contribution in [3.8, 4) is 11.1 Å². The molecule has 0 aromatic heterocycles. The molecule has 1 saturated heterocycles. The highest BCUT2D eigenvalue weighted by Crippen LogP contribution is 2.42. The Kier molecular flexibility index (Phi) is 9.40. The van der Waals surface area contributed by atoms with Gasteiger partial charge in [0.1, 0.15) is 6.61 Å². The van der Waals surface area contributed by atoms with Crippen molar-refractivity contribution in [1.29, 1.82) is 0 Å². The van der Waals surface area contributed by atoms with Crippen LogP contribution >= 0.6 is 11.6 Å². The van der Waals surface area contributed by atoms with Crippen LogP contribution in [0.15, 0.2) is 77.8 Å². The van der Waals surface area contributed by atoms with E-state index in [-0.39, 0.29) is 36.4 Å². The molecule has 1 unspecified atom stereocenters. The Hall–Kier alpha value is -3.84. The van der Waals surface area contributed by atoms with Crippen molar-refractivity contribution >= 4 is 35.2 Å². The van der Waals surface area contributed by atoms with Gasteiger partial charge in [-0.3, -0.25) is 9.59 Å². The molecule has 0 radical (unpaired) electrons. The van der Waals surface area contributed by atoms with Crippen molar-refractivity contribution in [2.45, 2.75) is 65.0 Å². The van der Waals surface area contributed by atoms with Crippen molar-refractivity contribution in [1.82, 2.24) is 10.2 Å². The number of ether oxygens (including phenoxy) is 1. The van der Waals surface area contributed by atoms with E-state index in [4.69, 9.17) is 26.4 Å². The van der Waals surface area contributed by atoms with E-state index < -0.39 is 5.97 Å². The third-order valence-corrected chi connectivity index (χ3v) is 9.01. The van der Waals surface area contributed by atoms with Gasteiger partial charge in [0.05, 0.1) is 18.2 Å². The van der Waals surface area contributed by atoms with Gasteiger partial charge in [0.2, 0.25) is 0 Å². The number of carbonyl (C=O) groups is 2. The van der Waals surface area contributed by atoms with Gasteiger partial charge in [-0.25, -0.2) is 0 Å². The molecule has 0 spiro atoms. The number of rotatable bonds is 8. The molecule has 3 aromatic rings. The molecular weight excluding hydrogens is 562 g/mol. The summed E-state index contributed by atoms with van der Waals surface area (Å²) in [6.45, 7) is 7.55. The summed E-state index contributed by atoms with van der Waals surface area (Å²) in [4.78, 5) is 30.7. The van der Waals surface area contributed by atoms with Gasteiger partial charge < -0.3 is 20.1 Å². The van der Waals surface area contributed by atoms with E-state index in [0.29, 0.717) is 29.1 Å². The minimum absolute atomic E-state index is 0.0363. The number of amidine groups is 1. The Bertz CT molecular complexity index is 1470. The normalized spacial score (nSPS) is 21.4. The summed E-state index contributed by atoms with van der Waals surface area (Å²) < 4.78 is 6.32. The summed E-state index contributed by atoms with van der Waals surface area (Å²) in [6.07, 6.45) is 4.32. The van der Waals surface area contributed by atoms with E-state index in [0.717, 1.165) is 48.1 Å². The summed E-state index contributed by atoms with van der Waals surface area (Å²) in [5.74, 6) is -0.549. The van der Waals surface area contributed by atoms with E-state index in [9.17, 15) is 9.59 Å². The number of aliphatic carboxylic acids is 1. The number of carbonyl (C=O) groups excluding carboxylic acids is 1. The lowest BCUT2D eigenvalue weighted by molar-refractivity contribution is -0.136. The van der Waals surface area contributed by atoms with Crippen LogP contribution in [-0.2, 0) is 9.53 Å². The molecule has 226 valence electrons. The van der Waals surface area contributed by atoms with Gasteiger partial charge in [0, 0.05) is 28.7 Å². The molecule has 8 heteroatoms. The monoisotopic (exact) mass is 601 g/mol. The van der Waals surface area contributed by atoms with Gasteiger partial charge in [-0.2, -0.15) is 4.99 Å². The zero-order chi connectivity index (χ0) is 30.6. The van der Waals surface area contributed by atoms with Gasteiger partial charge in [-0.05, 0) is 78.5 Å². The van der Waals surface area contributed by atoms with Crippen LogP contribution in [0, 0.1) is 11.3 Å². The van der Waals surface area contributed by atoms with Crippen LogP contribution in [0.4, 0.5) is 5.69 Å². The maximum atomic E-state index is 12.5. The molecule has 2 N–H and O–H groups in total. The summed E-state index contributed by atoms with van der Waals surface area (Å²) >= 11 is 6.49. The molecule has 1 heterocycles. The number of halogens is 1. The van der Waals surface area contributed by atoms with Gasteiger partial charge in [-0.15, -0.1) is 0 Å². The van der Waals surface area contributed by atoms with Crippen molar-refractivity contribution in [2.75, 3.05) is 13.2 Å². The predicted octanol–water partition coefficient (Wildman–Crippen LogP) is 7.88. The number of amides is 1. The number of benzene rings is 3. The largest absolute Gasteiger partial charge is 0.481 e. The molecule has 1 aliphatic heterocycles. The topological polar surface area (TPSA) is 91.2 Å². The van der Waals surface area contributed by atoms with E-state index >= 15 is 0 Å². The first-order valence-electron chi connectivity index (χ1n) is 15.0. The standard InChI is InChI=1S/C35H40ClN3O4/c1-35(2,3)26-15-17-28(18-16-26)39-31(23-11-13-24(14-12-23)33(42)37-20-19-32(40)41)22-43-34(39)38-27-8-6-7-25(21-27)29-9-4-5-10-30(29)36/h4-14,21,26,28,31H,15-20,22H2,1-3H3,(H,37,42)(H,40,41). The molecule has 1 amide bonds. The lowest BCUT2D eigenvalue weighted by atomic mass is 9.71. The molecule has 5 rings (SSSR count). The summed E-state index contributed by atoms with van der Waals surface area (Å²) in [5, 5.41) is 12.2. The first kappa shape index (κ1) is 30.6. The van der Waals surface area contributed by atoms with Gasteiger partial charge >= 0.3 is 5.97 Å². The average molecular weight is 602 g/mol. The van der Waals surface area contributed by atoms with Crippen LogP contribution in [0.2, 0.25) is 5.02 Å². The van der Waals surface area contributed by atoms with Gasteiger partial charge in [0.15, 0.2) is 0 Å². The van der Waals surface area contributed by atoms with Crippen LogP contribution in [0.25, 0.3) is 11.1 Å². The number of nitrogens with one attached hydrogen (secondary N) is 1. The Morgan fingerprint density at radius 1 is 1.00 bits per heavy atom. The van der Waals surface area contributed by atoms with Crippen molar-refractivity contribution in [3.05, 3.63) is 88.9 Å². The molecule has 1 saturated carbocycles. The second kappa shape index (κ2) is 13.2. The molecule has 43 heavy (non-hydrogen) atoms. The summed E-state index contributed by atoms with van der Waals surface area (Å²) in [6, 6.07) is 24.2. The molecule has 1 atom stereocenters. The Morgan fingerprint density at radius 3 is 2.40 bits per heavy atom. The first-order valence-corrected chi connectivity index (χ1v) is 15.4. The molecule has 0 bridgehead atoms. The second-order valence-corrected chi connectivity index (χ2v) is 13.0. The number of carboxylic acids is 1. The van der Waals surface area contributed by atoms with Crippen molar-refractivity contribution < 1.29 is 19.4 Å². The zero-order valence-corrected chi connectivity index (χ0v) is 25.8. The molecule has 2 fully saturated rings. The van der Waals surface area contributed by atoms with Crippen molar-refractivity contribution in [2.24, 2.45) is 16.3 Å². The predicted molar refractivity (Wildman–Crippen MR) is 171 cm³/mol. The number of aliphatic imine (C=N–C) groups is 1. The fourth-order valence-electron chi connectivity index (χ4n) is 6.21. The fourth-order valence-corrected chi connectivity index (χ4v) is 6.45. The van der Waals surface area contributed by atoms with Crippen LogP contribution < -0.4 is 5.32 Å².